The molecule has 0 aliphatic rings. The van der Waals surface area contributed by atoms with Gasteiger partial charge in [-0.2, -0.15) is 5.10 Å². The molecular weight excluding hydrogens is 226 g/mol. The normalized spacial score (nSPS) is 13.0. The highest BCUT2D eigenvalue weighted by Gasteiger charge is 2.08. The Bertz CT molecular complexity index is 481. The standard InChI is InChI=1S/C14H21N3O/c1-2-8-15-13(11-18)7-9-17-14-6-4-3-5-12(14)10-16-17/h3-6,10,13,15,18H,2,7-9,11H2,1H3. The summed E-state index contributed by atoms with van der Waals surface area (Å²) < 4.78 is 2.01. The number of aryl methyl sites for hydroxylation is 1. The van der Waals surface area contributed by atoms with Crippen LogP contribution in [0.5, 0.6) is 0 Å². The summed E-state index contributed by atoms with van der Waals surface area (Å²) in [6, 6.07) is 8.36. The summed E-state index contributed by atoms with van der Waals surface area (Å²) in [5.41, 5.74) is 1.16. The molecule has 1 aromatic heterocycles. The molecule has 4 heteroatoms. The first-order valence-corrected chi connectivity index (χ1v) is 6.60. The van der Waals surface area contributed by atoms with Crippen molar-refractivity contribution in [3.63, 3.8) is 0 Å². The maximum atomic E-state index is 9.30. The van der Waals surface area contributed by atoms with Crippen molar-refractivity contribution >= 4 is 10.9 Å². The SMILES string of the molecule is CCCNC(CO)CCn1ncc2ccccc21. The van der Waals surface area contributed by atoms with Gasteiger partial charge in [0.15, 0.2) is 0 Å². The summed E-state index contributed by atoms with van der Waals surface area (Å²) in [7, 11) is 0. The van der Waals surface area contributed by atoms with Crippen molar-refractivity contribution < 1.29 is 5.11 Å². The third-order valence-corrected chi connectivity index (χ3v) is 3.14. The number of para-hydroxylation sites is 1. The average Bonchev–Trinajstić information content (AvgIpc) is 2.82. The lowest BCUT2D eigenvalue weighted by Gasteiger charge is -2.15. The molecule has 98 valence electrons. The Hall–Kier alpha value is -1.39. The molecule has 0 saturated carbocycles. The minimum absolute atomic E-state index is 0.160. The fourth-order valence-corrected chi connectivity index (χ4v) is 2.09. The van der Waals surface area contributed by atoms with Gasteiger partial charge >= 0.3 is 0 Å². The van der Waals surface area contributed by atoms with E-state index in [-0.39, 0.29) is 12.6 Å². The largest absolute Gasteiger partial charge is 0.395 e. The van der Waals surface area contributed by atoms with Crippen molar-refractivity contribution in [2.24, 2.45) is 0 Å². The molecule has 0 bridgehead atoms. The highest BCUT2D eigenvalue weighted by atomic mass is 16.3. The number of aromatic nitrogens is 2. The molecule has 4 nitrogen and oxygen atoms in total. The lowest BCUT2D eigenvalue weighted by atomic mass is 10.2. The highest BCUT2D eigenvalue weighted by molar-refractivity contribution is 5.78. The third kappa shape index (κ3) is 3.09. The van der Waals surface area contributed by atoms with Crippen LogP contribution in [0.4, 0.5) is 0 Å². The predicted octanol–water partition coefficient (Wildman–Crippen LogP) is 1.79. The van der Waals surface area contributed by atoms with Crippen molar-refractivity contribution in [2.45, 2.75) is 32.4 Å². The first kappa shape index (κ1) is 13.1. The Morgan fingerprint density at radius 3 is 3.00 bits per heavy atom. The third-order valence-electron chi connectivity index (χ3n) is 3.14. The smallest absolute Gasteiger partial charge is 0.0682 e. The lowest BCUT2D eigenvalue weighted by Crippen LogP contribution is -2.34. The van der Waals surface area contributed by atoms with Crippen LogP contribution in [0.3, 0.4) is 0 Å². The van der Waals surface area contributed by atoms with Crippen LogP contribution in [-0.2, 0) is 6.54 Å². The Morgan fingerprint density at radius 1 is 1.39 bits per heavy atom. The second-order valence-corrected chi connectivity index (χ2v) is 4.55. The maximum Gasteiger partial charge on any atom is 0.0682 e. The van der Waals surface area contributed by atoms with Gasteiger partial charge in [-0.05, 0) is 25.5 Å². The van der Waals surface area contributed by atoms with Gasteiger partial charge in [0, 0.05) is 18.0 Å². The minimum atomic E-state index is 0.160. The first-order valence-electron chi connectivity index (χ1n) is 6.60. The van der Waals surface area contributed by atoms with Crippen LogP contribution >= 0.6 is 0 Å². The van der Waals surface area contributed by atoms with E-state index in [0.717, 1.165) is 31.4 Å². The minimum Gasteiger partial charge on any atom is -0.395 e. The Morgan fingerprint density at radius 2 is 2.22 bits per heavy atom. The molecule has 0 fully saturated rings. The van der Waals surface area contributed by atoms with Crippen LogP contribution in [0, 0.1) is 0 Å². The van der Waals surface area contributed by atoms with E-state index in [1.165, 1.54) is 5.39 Å². The molecule has 1 unspecified atom stereocenters. The summed E-state index contributed by atoms with van der Waals surface area (Å²) in [6.07, 6.45) is 3.87. The zero-order valence-corrected chi connectivity index (χ0v) is 10.8. The Kier molecular flexibility index (Phi) is 4.73. The van der Waals surface area contributed by atoms with Gasteiger partial charge in [-0.25, -0.2) is 0 Å². The molecule has 0 amide bonds. The second-order valence-electron chi connectivity index (χ2n) is 4.55. The number of hydrogen-bond acceptors (Lipinski definition) is 3. The Labute approximate surface area is 108 Å². The van der Waals surface area contributed by atoms with E-state index >= 15 is 0 Å². The summed E-state index contributed by atoms with van der Waals surface area (Å²) in [4.78, 5) is 0. The van der Waals surface area contributed by atoms with E-state index in [2.05, 4.69) is 29.5 Å². The van der Waals surface area contributed by atoms with Crippen molar-refractivity contribution in [2.75, 3.05) is 13.2 Å². The van der Waals surface area contributed by atoms with Crippen molar-refractivity contribution in [3.05, 3.63) is 30.5 Å². The van der Waals surface area contributed by atoms with Crippen molar-refractivity contribution in [1.29, 1.82) is 0 Å². The molecule has 2 rings (SSSR count). The first-order chi connectivity index (χ1) is 8.85. The monoisotopic (exact) mass is 247 g/mol. The summed E-state index contributed by atoms with van der Waals surface area (Å²) in [6.45, 7) is 4.09. The van der Waals surface area contributed by atoms with Gasteiger partial charge in [-0.1, -0.05) is 25.1 Å². The maximum absolute atomic E-state index is 9.30. The summed E-state index contributed by atoms with van der Waals surface area (Å²) in [5, 5.41) is 18.2. The quantitative estimate of drug-likeness (QED) is 0.784. The van der Waals surface area contributed by atoms with Gasteiger partial charge in [0.25, 0.3) is 0 Å². The molecule has 1 heterocycles. The number of benzene rings is 1. The van der Waals surface area contributed by atoms with Gasteiger partial charge in [0.2, 0.25) is 0 Å². The van der Waals surface area contributed by atoms with Crippen LogP contribution in [0.2, 0.25) is 0 Å². The van der Waals surface area contributed by atoms with Crippen LogP contribution in [0.1, 0.15) is 19.8 Å². The Balaban J connectivity index is 1.96. The van der Waals surface area contributed by atoms with Gasteiger partial charge in [-0.15, -0.1) is 0 Å². The lowest BCUT2D eigenvalue weighted by molar-refractivity contribution is 0.231. The number of nitrogens with one attached hydrogen (secondary N) is 1. The van der Waals surface area contributed by atoms with Crippen LogP contribution < -0.4 is 5.32 Å². The molecule has 0 aliphatic carbocycles. The fraction of sp³-hybridized carbons (Fsp3) is 0.500. The average molecular weight is 247 g/mol. The topological polar surface area (TPSA) is 50.1 Å². The second kappa shape index (κ2) is 6.52. The molecule has 0 radical (unpaired) electrons. The van der Waals surface area contributed by atoms with E-state index in [0.29, 0.717) is 0 Å². The van der Waals surface area contributed by atoms with Crippen molar-refractivity contribution in [1.82, 2.24) is 15.1 Å². The van der Waals surface area contributed by atoms with Crippen molar-refractivity contribution in [3.8, 4) is 0 Å². The van der Waals surface area contributed by atoms with Crippen LogP contribution in [-0.4, -0.2) is 34.1 Å². The predicted molar refractivity (Wildman–Crippen MR) is 73.5 cm³/mol. The van der Waals surface area contributed by atoms with E-state index in [1.807, 2.05) is 23.0 Å². The van der Waals surface area contributed by atoms with Gasteiger partial charge < -0.3 is 10.4 Å². The number of aliphatic hydroxyl groups excluding tert-OH is 1. The molecule has 2 N–H and O–H groups in total. The molecule has 0 aliphatic heterocycles. The van der Waals surface area contributed by atoms with E-state index in [4.69, 9.17) is 0 Å². The van der Waals surface area contributed by atoms with Crippen LogP contribution in [0.15, 0.2) is 30.5 Å². The van der Waals surface area contributed by atoms with E-state index in [1.54, 1.807) is 0 Å². The molecule has 1 aromatic carbocycles. The highest BCUT2D eigenvalue weighted by Crippen LogP contribution is 2.13. The number of fused-ring (bicyclic) bond motifs is 1. The number of hydrogen-bond donors (Lipinski definition) is 2. The van der Waals surface area contributed by atoms with Crippen LogP contribution in [0.25, 0.3) is 10.9 Å². The van der Waals surface area contributed by atoms with Gasteiger partial charge in [0.1, 0.15) is 0 Å². The summed E-state index contributed by atoms with van der Waals surface area (Å²) in [5.74, 6) is 0. The number of aliphatic hydroxyl groups is 1. The molecule has 18 heavy (non-hydrogen) atoms. The van der Waals surface area contributed by atoms with E-state index in [9.17, 15) is 5.11 Å². The molecule has 0 saturated heterocycles. The molecular formula is C14H21N3O. The van der Waals surface area contributed by atoms with Gasteiger partial charge in [-0.3, -0.25) is 4.68 Å². The zero-order chi connectivity index (χ0) is 12.8. The number of nitrogens with zero attached hydrogens (tertiary/aromatic N) is 2. The summed E-state index contributed by atoms with van der Waals surface area (Å²) >= 11 is 0. The molecule has 2 aromatic rings. The fourth-order valence-electron chi connectivity index (χ4n) is 2.09. The van der Waals surface area contributed by atoms with E-state index < -0.39 is 0 Å². The number of rotatable bonds is 7. The molecule has 0 spiro atoms. The zero-order valence-electron chi connectivity index (χ0n) is 10.8. The molecule has 1 atom stereocenters. The van der Waals surface area contributed by atoms with Gasteiger partial charge in [0.05, 0.1) is 18.3 Å².